The maximum absolute atomic E-state index is 12.7. The topological polar surface area (TPSA) is 99.6 Å². The van der Waals surface area contributed by atoms with Crippen molar-refractivity contribution in [1.29, 1.82) is 0 Å². The lowest BCUT2D eigenvalue weighted by Crippen LogP contribution is -2.40. The summed E-state index contributed by atoms with van der Waals surface area (Å²) in [5.41, 5.74) is 6.59. The number of ether oxygens (including phenoxy) is 2. The standard InChI is InChI=1S/C21H25F2N3O4/c1-11(24)18-17(19(27)25-14-3-2-4-14)26-20(30-18)13-7-8-15(29-21(22)23)16(9-13)28-10-12-5-6-12/h7-9,11-12,14,21H,2-6,10,24H2,1H3,(H,25,27)/t11-/m0/s1. The van der Waals surface area contributed by atoms with E-state index < -0.39 is 12.7 Å². The number of halogens is 2. The number of nitrogens with one attached hydrogen (secondary N) is 1. The molecule has 30 heavy (non-hydrogen) atoms. The van der Waals surface area contributed by atoms with Gasteiger partial charge in [0.1, 0.15) is 0 Å². The van der Waals surface area contributed by atoms with Gasteiger partial charge in [0, 0.05) is 11.6 Å². The number of rotatable bonds is 9. The fourth-order valence-corrected chi connectivity index (χ4v) is 3.17. The van der Waals surface area contributed by atoms with Gasteiger partial charge < -0.3 is 24.9 Å². The van der Waals surface area contributed by atoms with Crippen molar-refractivity contribution in [1.82, 2.24) is 10.3 Å². The number of hydrogen-bond acceptors (Lipinski definition) is 6. The third kappa shape index (κ3) is 4.72. The molecule has 3 N–H and O–H groups in total. The van der Waals surface area contributed by atoms with Crippen molar-refractivity contribution in [3.63, 3.8) is 0 Å². The van der Waals surface area contributed by atoms with Gasteiger partial charge in [-0.15, -0.1) is 0 Å². The molecule has 0 aliphatic heterocycles. The molecule has 7 nitrogen and oxygen atoms in total. The van der Waals surface area contributed by atoms with E-state index in [-0.39, 0.29) is 40.8 Å². The summed E-state index contributed by atoms with van der Waals surface area (Å²) in [6.07, 6.45) is 5.09. The quantitative estimate of drug-likeness (QED) is 0.634. The van der Waals surface area contributed by atoms with Crippen molar-refractivity contribution in [2.75, 3.05) is 6.61 Å². The zero-order valence-corrected chi connectivity index (χ0v) is 16.7. The van der Waals surface area contributed by atoms with Gasteiger partial charge in [-0.3, -0.25) is 4.79 Å². The number of alkyl halides is 2. The molecule has 1 heterocycles. The molecule has 0 spiro atoms. The van der Waals surface area contributed by atoms with Crippen LogP contribution in [0.15, 0.2) is 22.6 Å². The van der Waals surface area contributed by atoms with Gasteiger partial charge in [-0.25, -0.2) is 4.98 Å². The smallest absolute Gasteiger partial charge is 0.387 e. The molecule has 2 fully saturated rings. The van der Waals surface area contributed by atoms with Gasteiger partial charge in [0.2, 0.25) is 5.89 Å². The van der Waals surface area contributed by atoms with Crippen LogP contribution >= 0.6 is 0 Å². The van der Waals surface area contributed by atoms with Gasteiger partial charge in [-0.2, -0.15) is 8.78 Å². The number of nitrogens with zero attached hydrogens (tertiary/aromatic N) is 1. The second-order valence-electron chi connectivity index (χ2n) is 7.92. The Bertz CT molecular complexity index is 908. The summed E-state index contributed by atoms with van der Waals surface area (Å²) in [4.78, 5) is 17.0. The molecule has 2 aliphatic carbocycles. The average Bonchev–Trinajstić information content (AvgIpc) is 3.38. The minimum absolute atomic E-state index is 0.0590. The molecule has 0 saturated heterocycles. The highest BCUT2D eigenvalue weighted by Gasteiger charge is 2.28. The minimum Gasteiger partial charge on any atom is -0.489 e. The van der Waals surface area contributed by atoms with E-state index >= 15 is 0 Å². The van der Waals surface area contributed by atoms with Crippen LogP contribution in [0.3, 0.4) is 0 Å². The Hall–Kier alpha value is -2.68. The lowest BCUT2D eigenvalue weighted by molar-refractivity contribution is -0.0515. The van der Waals surface area contributed by atoms with Crippen molar-refractivity contribution in [3.8, 4) is 23.0 Å². The van der Waals surface area contributed by atoms with Crippen LogP contribution in [-0.2, 0) is 0 Å². The third-order valence-electron chi connectivity index (χ3n) is 5.30. The Labute approximate surface area is 172 Å². The molecule has 1 aromatic carbocycles. The predicted octanol–water partition coefficient (Wildman–Crippen LogP) is 4.03. The molecule has 1 aromatic heterocycles. The number of benzene rings is 1. The van der Waals surface area contributed by atoms with E-state index in [0.29, 0.717) is 18.1 Å². The van der Waals surface area contributed by atoms with Gasteiger partial charge in [0.25, 0.3) is 5.91 Å². The van der Waals surface area contributed by atoms with Crippen LogP contribution in [0.2, 0.25) is 0 Å². The zero-order valence-electron chi connectivity index (χ0n) is 16.7. The molecule has 1 amide bonds. The normalized spacial score (nSPS) is 17.5. The number of carbonyl (C=O) groups is 1. The lowest BCUT2D eigenvalue weighted by Gasteiger charge is -2.26. The van der Waals surface area contributed by atoms with E-state index in [0.717, 1.165) is 32.1 Å². The maximum atomic E-state index is 12.7. The van der Waals surface area contributed by atoms with Crippen LogP contribution in [-0.4, -0.2) is 30.2 Å². The van der Waals surface area contributed by atoms with E-state index in [1.54, 1.807) is 6.92 Å². The van der Waals surface area contributed by atoms with Crippen molar-refractivity contribution < 1.29 is 27.5 Å². The highest BCUT2D eigenvalue weighted by Crippen LogP contribution is 2.37. The van der Waals surface area contributed by atoms with Crippen LogP contribution < -0.4 is 20.5 Å². The second kappa shape index (κ2) is 8.59. The van der Waals surface area contributed by atoms with Crippen molar-refractivity contribution in [2.24, 2.45) is 11.7 Å². The van der Waals surface area contributed by atoms with Crippen molar-refractivity contribution in [2.45, 2.75) is 57.7 Å². The number of oxazole rings is 1. The molecule has 2 aliphatic rings. The largest absolute Gasteiger partial charge is 0.489 e. The Morgan fingerprint density at radius 2 is 2.07 bits per heavy atom. The number of nitrogens with two attached hydrogens (primary N) is 1. The molecule has 2 saturated carbocycles. The number of aromatic nitrogens is 1. The molecule has 1 atom stereocenters. The first-order chi connectivity index (χ1) is 14.4. The summed E-state index contributed by atoms with van der Waals surface area (Å²) in [5, 5.41) is 2.93. The number of carbonyl (C=O) groups excluding carboxylic acids is 1. The van der Waals surface area contributed by atoms with E-state index in [4.69, 9.17) is 14.9 Å². The molecule has 4 rings (SSSR count). The van der Waals surface area contributed by atoms with Crippen LogP contribution in [0.4, 0.5) is 8.78 Å². The Balaban J connectivity index is 1.62. The minimum atomic E-state index is -2.97. The van der Waals surface area contributed by atoms with Gasteiger partial charge in [-0.05, 0) is 63.1 Å². The molecule has 0 bridgehead atoms. The first-order valence-corrected chi connectivity index (χ1v) is 10.2. The van der Waals surface area contributed by atoms with Gasteiger partial charge in [0.05, 0.1) is 12.6 Å². The molecule has 0 unspecified atom stereocenters. The van der Waals surface area contributed by atoms with E-state index in [9.17, 15) is 13.6 Å². The molecular weight excluding hydrogens is 396 g/mol. The fourth-order valence-electron chi connectivity index (χ4n) is 3.17. The Morgan fingerprint density at radius 3 is 2.67 bits per heavy atom. The molecular formula is C21H25F2N3O4. The van der Waals surface area contributed by atoms with Crippen molar-refractivity contribution >= 4 is 5.91 Å². The third-order valence-corrected chi connectivity index (χ3v) is 5.30. The summed E-state index contributed by atoms with van der Waals surface area (Å²) in [5.74, 6) is 0.666. The van der Waals surface area contributed by atoms with Gasteiger partial charge >= 0.3 is 6.61 Å². The first kappa shape index (κ1) is 20.6. The second-order valence-corrected chi connectivity index (χ2v) is 7.92. The summed E-state index contributed by atoms with van der Waals surface area (Å²) >= 11 is 0. The van der Waals surface area contributed by atoms with Crippen LogP contribution in [0.5, 0.6) is 11.5 Å². The summed E-state index contributed by atoms with van der Waals surface area (Å²) in [6.45, 7) is -0.837. The Kier molecular flexibility index (Phi) is 5.90. The SMILES string of the molecule is C[C@H](N)c1oc(-c2ccc(OC(F)F)c(OCC3CC3)c2)nc1C(=O)NC1CCC1. The molecule has 0 radical (unpaired) electrons. The molecule has 162 valence electrons. The van der Waals surface area contributed by atoms with Crippen LogP contribution in [0.1, 0.15) is 61.3 Å². The zero-order chi connectivity index (χ0) is 21.3. The average molecular weight is 421 g/mol. The highest BCUT2D eigenvalue weighted by atomic mass is 19.3. The van der Waals surface area contributed by atoms with Gasteiger partial charge in [-0.1, -0.05) is 0 Å². The summed E-state index contributed by atoms with van der Waals surface area (Å²) in [6, 6.07) is 4.05. The Morgan fingerprint density at radius 1 is 1.30 bits per heavy atom. The predicted molar refractivity (Wildman–Crippen MR) is 104 cm³/mol. The fraction of sp³-hybridized carbons (Fsp3) is 0.524. The summed E-state index contributed by atoms with van der Waals surface area (Å²) < 4.78 is 41.5. The van der Waals surface area contributed by atoms with Gasteiger partial charge in [0.15, 0.2) is 23.0 Å². The van der Waals surface area contributed by atoms with Crippen molar-refractivity contribution in [3.05, 3.63) is 29.7 Å². The number of amides is 1. The maximum Gasteiger partial charge on any atom is 0.387 e. The van der Waals surface area contributed by atoms with Crippen LogP contribution in [0.25, 0.3) is 11.5 Å². The monoisotopic (exact) mass is 421 g/mol. The van der Waals surface area contributed by atoms with E-state index in [1.807, 2.05) is 0 Å². The molecule has 2 aromatic rings. The lowest BCUT2D eigenvalue weighted by atomic mass is 9.93. The van der Waals surface area contributed by atoms with E-state index in [1.165, 1.54) is 18.2 Å². The van der Waals surface area contributed by atoms with Crippen LogP contribution in [0, 0.1) is 5.92 Å². The summed E-state index contributed by atoms with van der Waals surface area (Å²) in [7, 11) is 0. The first-order valence-electron chi connectivity index (χ1n) is 10.2. The highest BCUT2D eigenvalue weighted by molar-refractivity contribution is 5.94. The molecule has 9 heteroatoms. The van der Waals surface area contributed by atoms with E-state index in [2.05, 4.69) is 15.0 Å². The number of hydrogen-bond donors (Lipinski definition) is 2.